The molecule has 2 aromatic rings. The molecule has 0 saturated carbocycles. The summed E-state index contributed by atoms with van der Waals surface area (Å²) in [6, 6.07) is 11.9. The number of nitrogens with two attached hydrogens (primary N) is 1. The van der Waals surface area contributed by atoms with Crippen LogP contribution in [0.5, 0.6) is 0 Å². The fraction of sp³-hybridized carbons (Fsp3) is 0.267. The fourth-order valence-corrected chi connectivity index (χ4v) is 2.02. The molecule has 0 unspecified atom stereocenters. The Balaban J connectivity index is 0.00000200. The molecule has 108 valence electrons. The van der Waals surface area contributed by atoms with Gasteiger partial charge in [-0.15, -0.1) is 12.4 Å². The maximum Gasteiger partial charge on any atom is 0.325 e. The SMILES string of the molecule is COC(=O)[C@@](C)(N)Cc1ccc(-n2cccc2)cc1.Cl. The van der Waals surface area contributed by atoms with E-state index in [1.54, 1.807) is 6.92 Å². The monoisotopic (exact) mass is 294 g/mol. The van der Waals surface area contributed by atoms with Crippen molar-refractivity contribution < 1.29 is 9.53 Å². The van der Waals surface area contributed by atoms with Crippen molar-refractivity contribution in [3.05, 3.63) is 54.4 Å². The molecule has 0 saturated heterocycles. The van der Waals surface area contributed by atoms with Gasteiger partial charge in [-0.05, 0) is 36.8 Å². The van der Waals surface area contributed by atoms with Crippen LogP contribution < -0.4 is 5.73 Å². The molecule has 0 bridgehead atoms. The Kier molecular flexibility index (Phi) is 5.36. The molecule has 2 rings (SSSR count). The molecule has 1 aromatic heterocycles. The summed E-state index contributed by atoms with van der Waals surface area (Å²) in [5, 5.41) is 0. The number of hydrogen-bond acceptors (Lipinski definition) is 3. The molecular formula is C15H19ClN2O2. The lowest BCUT2D eigenvalue weighted by atomic mass is 9.94. The number of halogens is 1. The van der Waals surface area contributed by atoms with Crippen molar-refractivity contribution in [2.75, 3.05) is 7.11 Å². The third-order valence-electron chi connectivity index (χ3n) is 3.06. The summed E-state index contributed by atoms with van der Waals surface area (Å²) >= 11 is 0. The van der Waals surface area contributed by atoms with Crippen LogP contribution in [-0.4, -0.2) is 23.2 Å². The highest BCUT2D eigenvalue weighted by molar-refractivity contribution is 5.85. The van der Waals surface area contributed by atoms with Crippen molar-refractivity contribution in [1.82, 2.24) is 4.57 Å². The van der Waals surface area contributed by atoms with Crippen molar-refractivity contribution in [1.29, 1.82) is 0 Å². The number of methoxy groups -OCH3 is 1. The molecule has 20 heavy (non-hydrogen) atoms. The average Bonchev–Trinajstić information content (AvgIpc) is 2.92. The van der Waals surface area contributed by atoms with E-state index in [1.807, 2.05) is 53.4 Å². The molecule has 0 aliphatic carbocycles. The number of benzene rings is 1. The predicted octanol–water partition coefficient (Wildman–Crippen LogP) is 2.33. The van der Waals surface area contributed by atoms with Crippen molar-refractivity contribution in [3.63, 3.8) is 0 Å². The standard InChI is InChI=1S/C15H18N2O2.ClH/c1-15(16,14(18)19-2)11-12-5-7-13(8-6-12)17-9-3-4-10-17;/h3-10H,11,16H2,1-2H3;1H/t15-;/m0./s1. The summed E-state index contributed by atoms with van der Waals surface area (Å²) in [7, 11) is 1.35. The quantitative estimate of drug-likeness (QED) is 0.881. The van der Waals surface area contributed by atoms with Crippen LogP contribution in [0.1, 0.15) is 12.5 Å². The molecule has 0 aliphatic rings. The molecule has 0 aliphatic heterocycles. The van der Waals surface area contributed by atoms with Gasteiger partial charge in [-0.2, -0.15) is 0 Å². The van der Waals surface area contributed by atoms with Crippen molar-refractivity contribution in [3.8, 4) is 5.69 Å². The lowest BCUT2D eigenvalue weighted by molar-refractivity contribution is -0.146. The summed E-state index contributed by atoms with van der Waals surface area (Å²) in [5.74, 6) is -0.401. The minimum absolute atomic E-state index is 0. The topological polar surface area (TPSA) is 57.2 Å². The molecule has 0 fully saturated rings. The molecule has 1 atom stereocenters. The van der Waals surface area contributed by atoms with Crippen LogP contribution in [0.4, 0.5) is 0 Å². The second-order valence-electron chi connectivity index (χ2n) is 4.84. The van der Waals surface area contributed by atoms with Gasteiger partial charge in [-0.3, -0.25) is 4.79 Å². The molecule has 0 amide bonds. The molecule has 4 nitrogen and oxygen atoms in total. The number of carbonyl (C=O) groups is 1. The number of hydrogen-bond donors (Lipinski definition) is 1. The number of rotatable bonds is 4. The van der Waals surface area contributed by atoms with Gasteiger partial charge in [0, 0.05) is 24.5 Å². The zero-order valence-electron chi connectivity index (χ0n) is 11.6. The van der Waals surface area contributed by atoms with E-state index < -0.39 is 11.5 Å². The Morgan fingerprint density at radius 3 is 2.30 bits per heavy atom. The van der Waals surface area contributed by atoms with Gasteiger partial charge in [-0.1, -0.05) is 12.1 Å². The van der Waals surface area contributed by atoms with Crippen molar-refractivity contribution in [2.24, 2.45) is 5.73 Å². The highest BCUT2D eigenvalue weighted by Crippen LogP contribution is 2.15. The van der Waals surface area contributed by atoms with Gasteiger partial charge in [0.25, 0.3) is 0 Å². The molecule has 1 heterocycles. The Labute approximate surface area is 125 Å². The second-order valence-corrected chi connectivity index (χ2v) is 4.84. The highest BCUT2D eigenvalue weighted by atomic mass is 35.5. The first-order valence-electron chi connectivity index (χ1n) is 6.12. The zero-order chi connectivity index (χ0) is 13.9. The normalized spacial score (nSPS) is 13.2. The van der Waals surface area contributed by atoms with Gasteiger partial charge >= 0.3 is 5.97 Å². The van der Waals surface area contributed by atoms with Gasteiger partial charge in [0.1, 0.15) is 5.54 Å². The molecule has 1 aromatic carbocycles. The Bertz CT molecular complexity index is 548. The van der Waals surface area contributed by atoms with E-state index in [0.717, 1.165) is 11.3 Å². The zero-order valence-corrected chi connectivity index (χ0v) is 12.4. The van der Waals surface area contributed by atoms with Crippen LogP contribution in [0.2, 0.25) is 0 Å². The molecular weight excluding hydrogens is 276 g/mol. The van der Waals surface area contributed by atoms with Gasteiger partial charge in [0.15, 0.2) is 0 Å². The maximum atomic E-state index is 11.5. The van der Waals surface area contributed by atoms with Gasteiger partial charge in [0.2, 0.25) is 0 Å². The van der Waals surface area contributed by atoms with E-state index in [0.29, 0.717) is 6.42 Å². The van der Waals surface area contributed by atoms with E-state index in [-0.39, 0.29) is 12.4 Å². The number of carbonyl (C=O) groups excluding carboxylic acids is 1. The maximum absolute atomic E-state index is 11.5. The molecule has 2 N–H and O–H groups in total. The third-order valence-corrected chi connectivity index (χ3v) is 3.06. The Morgan fingerprint density at radius 1 is 1.25 bits per heavy atom. The highest BCUT2D eigenvalue weighted by Gasteiger charge is 2.29. The lowest BCUT2D eigenvalue weighted by Gasteiger charge is -2.21. The number of nitrogens with zero attached hydrogens (tertiary/aromatic N) is 1. The summed E-state index contributed by atoms with van der Waals surface area (Å²) < 4.78 is 6.72. The first-order valence-corrected chi connectivity index (χ1v) is 6.12. The smallest absolute Gasteiger partial charge is 0.325 e. The first-order chi connectivity index (χ1) is 9.03. The van der Waals surface area contributed by atoms with Gasteiger partial charge < -0.3 is 15.0 Å². The Morgan fingerprint density at radius 2 is 1.80 bits per heavy atom. The molecule has 0 spiro atoms. The van der Waals surface area contributed by atoms with Crippen LogP contribution >= 0.6 is 12.4 Å². The van der Waals surface area contributed by atoms with Crippen LogP contribution in [0, 0.1) is 0 Å². The minimum Gasteiger partial charge on any atom is -0.468 e. The summed E-state index contributed by atoms with van der Waals surface area (Å²) in [4.78, 5) is 11.5. The molecule has 0 radical (unpaired) electrons. The fourth-order valence-electron chi connectivity index (χ4n) is 2.02. The number of ether oxygens (including phenoxy) is 1. The van der Waals surface area contributed by atoms with Gasteiger partial charge in [-0.25, -0.2) is 0 Å². The minimum atomic E-state index is -0.996. The van der Waals surface area contributed by atoms with E-state index in [9.17, 15) is 4.79 Å². The molecule has 5 heteroatoms. The van der Waals surface area contributed by atoms with E-state index in [1.165, 1.54) is 7.11 Å². The first kappa shape index (κ1) is 16.3. The number of aromatic nitrogens is 1. The van der Waals surface area contributed by atoms with Gasteiger partial charge in [0.05, 0.1) is 7.11 Å². The summed E-state index contributed by atoms with van der Waals surface area (Å²) in [6.45, 7) is 1.68. The van der Waals surface area contributed by atoms with Crippen LogP contribution in [0.3, 0.4) is 0 Å². The van der Waals surface area contributed by atoms with E-state index in [2.05, 4.69) is 0 Å². The Hall–Kier alpha value is -1.78. The third kappa shape index (κ3) is 3.62. The summed E-state index contributed by atoms with van der Waals surface area (Å²) in [6.07, 6.45) is 4.42. The average molecular weight is 295 g/mol. The van der Waals surface area contributed by atoms with E-state index >= 15 is 0 Å². The number of esters is 1. The second kappa shape index (κ2) is 6.59. The summed E-state index contributed by atoms with van der Waals surface area (Å²) in [5.41, 5.74) is 7.04. The van der Waals surface area contributed by atoms with Crippen LogP contribution in [0.15, 0.2) is 48.8 Å². The lowest BCUT2D eigenvalue weighted by Crippen LogP contribution is -2.47. The largest absolute Gasteiger partial charge is 0.468 e. The van der Waals surface area contributed by atoms with E-state index in [4.69, 9.17) is 10.5 Å². The van der Waals surface area contributed by atoms with Crippen molar-refractivity contribution in [2.45, 2.75) is 18.9 Å². The van der Waals surface area contributed by atoms with Crippen LogP contribution in [0.25, 0.3) is 5.69 Å². The predicted molar refractivity (Wildman–Crippen MR) is 81.3 cm³/mol. The van der Waals surface area contributed by atoms with Crippen molar-refractivity contribution >= 4 is 18.4 Å². The van der Waals surface area contributed by atoms with Crippen LogP contribution in [-0.2, 0) is 16.0 Å².